The molecule has 24 heavy (non-hydrogen) atoms. The Kier molecular flexibility index (Phi) is 4.60. The second-order valence-electron chi connectivity index (χ2n) is 6.60. The van der Waals surface area contributed by atoms with Crippen molar-refractivity contribution >= 4 is 11.8 Å². The summed E-state index contributed by atoms with van der Waals surface area (Å²) in [6.45, 7) is -0.363. The van der Waals surface area contributed by atoms with Gasteiger partial charge in [0.2, 0.25) is 11.8 Å². The van der Waals surface area contributed by atoms with Crippen molar-refractivity contribution in [1.82, 2.24) is 9.88 Å². The number of aromatic nitrogens is 1. The Morgan fingerprint density at radius 1 is 1.08 bits per heavy atom. The van der Waals surface area contributed by atoms with Crippen LogP contribution in [0.5, 0.6) is 0 Å². The quantitative estimate of drug-likeness (QED) is 0.791. The summed E-state index contributed by atoms with van der Waals surface area (Å²) in [4.78, 5) is 29.0. The SMILES string of the molecule is O=C1CC(C2CCCC2)CC(=O)N1Cc1cccnc1C(F)(F)F. The highest BCUT2D eigenvalue weighted by Gasteiger charge is 2.40. The molecule has 4 nitrogen and oxygen atoms in total. The molecule has 0 radical (unpaired) electrons. The summed E-state index contributed by atoms with van der Waals surface area (Å²) in [6.07, 6.45) is 1.26. The second kappa shape index (κ2) is 6.53. The van der Waals surface area contributed by atoms with Crippen LogP contribution in [0.3, 0.4) is 0 Å². The Balaban J connectivity index is 1.75. The number of carbonyl (C=O) groups excluding carboxylic acids is 2. The molecule has 3 rings (SSSR count). The number of nitrogens with zero attached hydrogens (tertiary/aromatic N) is 2. The number of carbonyl (C=O) groups is 2. The van der Waals surface area contributed by atoms with Crippen LogP contribution in [0.2, 0.25) is 0 Å². The molecule has 130 valence electrons. The predicted molar refractivity (Wildman–Crippen MR) is 79.5 cm³/mol. The molecule has 0 bridgehead atoms. The van der Waals surface area contributed by atoms with Gasteiger partial charge in [-0.15, -0.1) is 0 Å². The van der Waals surface area contributed by atoms with Crippen LogP contribution in [0.15, 0.2) is 18.3 Å². The van der Waals surface area contributed by atoms with Crippen LogP contribution in [-0.4, -0.2) is 21.7 Å². The van der Waals surface area contributed by atoms with Crippen molar-refractivity contribution < 1.29 is 22.8 Å². The van der Waals surface area contributed by atoms with Crippen LogP contribution in [0.1, 0.15) is 49.8 Å². The molecule has 1 aliphatic heterocycles. The largest absolute Gasteiger partial charge is 0.433 e. The molecule has 7 heteroatoms. The second-order valence-corrected chi connectivity index (χ2v) is 6.60. The van der Waals surface area contributed by atoms with Gasteiger partial charge < -0.3 is 0 Å². The molecule has 0 spiro atoms. The number of rotatable bonds is 3. The number of hydrogen-bond donors (Lipinski definition) is 0. The van der Waals surface area contributed by atoms with Gasteiger partial charge in [-0.2, -0.15) is 13.2 Å². The number of likely N-dealkylation sites (tertiary alicyclic amines) is 1. The van der Waals surface area contributed by atoms with E-state index < -0.39 is 11.9 Å². The van der Waals surface area contributed by atoms with E-state index in [-0.39, 0.29) is 42.7 Å². The average molecular weight is 340 g/mol. The fraction of sp³-hybridized carbons (Fsp3) is 0.588. The highest BCUT2D eigenvalue weighted by atomic mass is 19.4. The van der Waals surface area contributed by atoms with E-state index in [2.05, 4.69) is 4.98 Å². The van der Waals surface area contributed by atoms with E-state index >= 15 is 0 Å². The van der Waals surface area contributed by atoms with E-state index in [0.29, 0.717) is 5.92 Å². The lowest BCUT2D eigenvalue weighted by Gasteiger charge is -2.33. The molecule has 1 aromatic heterocycles. The third-order valence-corrected chi connectivity index (χ3v) is 5.03. The van der Waals surface area contributed by atoms with Gasteiger partial charge in [0.1, 0.15) is 5.69 Å². The van der Waals surface area contributed by atoms with Gasteiger partial charge in [-0.3, -0.25) is 19.5 Å². The van der Waals surface area contributed by atoms with Crippen molar-refractivity contribution in [2.75, 3.05) is 0 Å². The normalized spacial score (nSPS) is 20.9. The first-order valence-corrected chi connectivity index (χ1v) is 8.20. The van der Waals surface area contributed by atoms with Gasteiger partial charge in [0.05, 0.1) is 6.54 Å². The first-order chi connectivity index (χ1) is 11.4. The van der Waals surface area contributed by atoms with Crippen molar-refractivity contribution in [3.8, 4) is 0 Å². The third kappa shape index (κ3) is 3.44. The molecule has 2 fully saturated rings. The highest BCUT2D eigenvalue weighted by Crippen LogP contribution is 2.38. The van der Waals surface area contributed by atoms with Gasteiger partial charge in [0, 0.05) is 24.6 Å². The van der Waals surface area contributed by atoms with Crippen LogP contribution < -0.4 is 0 Å². The summed E-state index contributed by atoms with van der Waals surface area (Å²) >= 11 is 0. The summed E-state index contributed by atoms with van der Waals surface area (Å²) in [5.74, 6) is -0.316. The van der Waals surface area contributed by atoms with Crippen LogP contribution in [0.25, 0.3) is 0 Å². The smallest absolute Gasteiger partial charge is 0.278 e. The van der Waals surface area contributed by atoms with E-state index in [1.165, 1.54) is 12.1 Å². The standard InChI is InChI=1S/C17H19F3N2O2/c18-17(19,20)16-12(6-3-7-21-16)10-22-14(23)8-13(9-15(22)24)11-4-1-2-5-11/h3,6-7,11,13H,1-2,4-5,8-10H2. The van der Waals surface area contributed by atoms with E-state index in [4.69, 9.17) is 0 Å². The fourth-order valence-corrected chi connectivity index (χ4v) is 3.81. The zero-order valence-corrected chi connectivity index (χ0v) is 13.2. The molecule has 2 amide bonds. The van der Waals surface area contributed by atoms with Crippen LogP contribution >= 0.6 is 0 Å². The molecule has 0 N–H and O–H groups in total. The minimum atomic E-state index is -4.61. The first-order valence-electron chi connectivity index (χ1n) is 8.20. The van der Waals surface area contributed by atoms with Crippen LogP contribution in [-0.2, 0) is 22.3 Å². The molecule has 0 aromatic carbocycles. The maximum absolute atomic E-state index is 13.0. The maximum atomic E-state index is 13.0. The third-order valence-electron chi connectivity index (χ3n) is 5.03. The molecular weight excluding hydrogens is 321 g/mol. The van der Waals surface area contributed by atoms with Gasteiger partial charge in [-0.25, -0.2) is 0 Å². The lowest BCUT2D eigenvalue weighted by molar-refractivity contribution is -0.153. The summed E-state index contributed by atoms with van der Waals surface area (Å²) in [5, 5.41) is 0. The monoisotopic (exact) mass is 340 g/mol. The number of halogens is 3. The summed E-state index contributed by atoms with van der Waals surface area (Å²) in [6, 6.07) is 2.64. The molecule has 1 saturated carbocycles. The van der Waals surface area contributed by atoms with Gasteiger partial charge in [0.15, 0.2) is 0 Å². The fourth-order valence-electron chi connectivity index (χ4n) is 3.81. The van der Waals surface area contributed by atoms with Gasteiger partial charge in [-0.1, -0.05) is 31.7 Å². The first kappa shape index (κ1) is 16.9. The van der Waals surface area contributed by atoms with E-state index in [0.717, 1.165) is 36.8 Å². The highest BCUT2D eigenvalue weighted by molar-refractivity contribution is 5.97. The molecule has 1 saturated heterocycles. The van der Waals surface area contributed by atoms with Gasteiger partial charge in [-0.05, 0) is 17.9 Å². The molecule has 1 aliphatic carbocycles. The molecular formula is C17H19F3N2O2. The summed E-state index contributed by atoms with van der Waals surface area (Å²) in [7, 11) is 0. The van der Waals surface area contributed by atoms with Gasteiger partial charge in [0.25, 0.3) is 0 Å². The lowest BCUT2D eigenvalue weighted by Crippen LogP contribution is -2.44. The molecule has 0 atom stereocenters. The van der Waals surface area contributed by atoms with Crippen molar-refractivity contribution in [2.24, 2.45) is 11.8 Å². The average Bonchev–Trinajstić information content (AvgIpc) is 3.04. The number of pyridine rings is 1. The lowest BCUT2D eigenvalue weighted by atomic mass is 9.82. The maximum Gasteiger partial charge on any atom is 0.433 e. The zero-order valence-electron chi connectivity index (χ0n) is 13.2. The Morgan fingerprint density at radius 3 is 2.29 bits per heavy atom. The van der Waals surface area contributed by atoms with E-state index in [9.17, 15) is 22.8 Å². The minimum absolute atomic E-state index is 0.0414. The Morgan fingerprint density at radius 2 is 1.71 bits per heavy atom. The predicted octanol–water partition coefficient (Wildman–Crippen LogP) is 3.56. The van der Waals surface area contributed by atoms with E-state index in [1.54, 1.807) is 0 Å². The number of hydrogen-bond acceptors (Lipinski definition) is 3. The molecule has 2 aliphatic rings. The van der Waals surface area contributed by atoms with E-state index in [1.807, 2.05) is 0 Å². The van der Waals surface area contributed by atoms with Crippen molar-refractivity contribution in [1.29, 1.82) is 0 Å². The van der Waals surface area contributed by atoms with Gasteiger partial charge >= 0.3 is 6.18 Å². The summed E-state index contributed by atoms with van der Waals surface area (Å²) in [5.41, 5.74) is -1.19. The molecule has 2 heterocycles. The molecule has 0 unspecified atom stereocenters. The number of imide groups is 1. The number of alkyl halides is 3. The zero-order chi connectivity index (χ0) is 17.3. The van der Waals surface area contributed by atoms with Crippen molar-refractivity contribution in [3.05, 3.63) is 29.6 Å². The Labute approximate surface area is 138 Å². The number of piperidine rings is 1. The molecule has 1 aromatic rings. The minimum Gasteiger partial charge on any atom is -0.278 e. The Hall–Kier alpha value is -1.92. The van der Waals surface area contributed by atoms with Crippen molar-refractivity contribution in [2.45, 2.75) is 51.2 Å². The summed E-state index contributed by atoms with van der Waals surface area (Å²) < 4.78 is 39.0. The van der Waals surface area contributed by atoms with Crippen LogP contribution in [0, 0.1) is 11.8 Å². The Bertz CT molecular complexity index is 621. The van der Waals surface area contributed by atoms with Crippen molar-refractivity contribution in [3.63, 3.8) is 0 Å². The topological polar surface area (TPSA) is 50.3 Å². The number of amides is 2. The van der Waals surface area contributed by atoms with Crippen LogP contribution in [0.4, 0.5) is 13.2 Å².